The van der Waals surface area contributed by atoms with E-state index in [4.69, 9.17) is 0 Å². The molecular formula is C10H9F3N2O3. The summed E-state index contributed by atoms with van der Waals surface area (Å²) in [6, 6.07) is -0.0186. The number of hydrogen-bond acceptors (Lipinski definition) is 3. The van der Waals surface area contributed by atoms with Crippen LogP contribution in [0.3, 0.4) is 0 Å². The molecule has 0 aliphatic rings. The van der Waals surface area contributed by atoms with Crippen LogP contribution in [0.2, 0.25) is 0 Å². The maximum Gasteiger partial charge on any atom is 0.308 e. The van der Waals surface area contributed by atoms with E-state index < -0.39 is 39.5 Å². The standard InChI is InChI=1S/C10H9F3N2O3/c1-4(2)14-10(16)5-3-6(15(17)18)8(12)9(13)7(5)11/h3-4H,1-2H3,(H,14,16). The third-order valence-electron chi connectivity index (χ3n) is 1.99. The van der Waals surface area contributed by atoms with E-state index in [2.05, 4.69) is 5.32 Å². The molecule has 1 N–H and O–H groups in total. The molecule has 0 radical (unpaired) electrons. The van der Waals surface area contributed by atoms with Crippen LogP contribution < -0.4 is 5.32 Å². The van der Waals surface area contributed by atoms with E-state index in [1.807, 2.05) is 0 Å². The van der Waals surface area contributed by atoms with Crippen molar-refractivity contribution in [2.24, 2.45) is 0 Å². The van der Waals surface area contributed by atoms with E-state index in [0.29, 0.717) is 6.07 Å². The van der Waals surface area contributed by atoms with E-state index >= 15 is 0 Å². The Morgan fingerprint density at radius 2 is 1.83 bits per heavy atom. The van der Waals surface area contributed by atoms with Crippen molar-refractivity contribution in [2.75, 3.05) is 0 Å². The van der Waals surface area contributed by atoms with E-state index in [-0.39, 0.29) is 6.04 Å². The Hall–Kier alpha value is -2.12. The minimum absolute atomic E-state index is 0.367. The molecule has 1 aromatic carbocycles. The summed E-state index contributed by atoms with van der Waals surface area (Å²) >= 11 is 0. The highest BCUT2D eigenvalue weighted by Crippen LogP contribution is 2.25. The molecule has 0 saturated heterocycles. The van der Waals surface area contributed by atoms with E-state index in [1.165, 1.54) is 0 Å². The SMILES string of the molecule is CC(C)NC(=O)c1cc([N+](=O)[O-])c(F)c(F)c1F. The van der Waals surface area contributed by atoms with Gasteiger partial charge in [-0.3, -0.25) is 14.9 Å². The number of halogens is 3. The lowest BCUT2D eigenvalue weighted by atomic mass is 10.1. The third kappa shape index (κ3) is 2.58. The first kappa shape index (κ1) is 13.9. The van der Waals surface area contributed by atoms with Crippen LogP contribution in [0.15, 0.2) is 6.07 Å². The molecule has 1 aromatic rings. The molecule has 1 rings (SSSR count). The number of carbonyl (C=O) groups is 1. The van der Waals surface area contributed by atoms with Crippen molar-refractivity contribution < 1.29 is 22.9 Å². The van der Waals surface area contributed by atoms with Gasteiger partial charge in [-0.15, -0.1) is 0 Å². The number of nitrogens with zero attached hydrogens (tertiary/aromatic N) is 1. The topological polar surface area (TPSA) is 72.2 Å². The Labute approximate surface area is 99.8 Å². The summed E-state index contributed by atoms with van der Waals surface area (Å²) in [5.74, 6) is -6.78. The summed E-state index contributed by atoms with van der Waals surface area (Å²) in [6.45, 7) is 3.12. The van der Waals surface area contributed by atoms with Gasteiger partial charge in [-0.1, -0.05) is 0 Å². The third-order valence-corrected chi connectivity index (χ3v) is 1.99. The van der Waals surface area contributed by atoms with Gasteiger partial charge >= 0.3 is 5.69 Å². The average Bonchev–Trinajstić information content (AvgIpc) is 2.24. The van der Waals surface area contributed by atoms with Gasteiger partial charge in [-0.2, -0.15) is 4.39 Å². The normalized spacial score (nSPS) is 10.6. The summed E-state index contributed by atoms with van der Waals surface area (Å²) < 4.78 is 39.4. The summed E-state index contributed by atoms with van der Waals surface area (Å²) in [5.41, 5.74) is -2.20. The minimum atomic E-state index is -2.04. The first-order valence-corrected chi connectivity index (χ1v) is 4.88. The van der Waals surface area contributed by atoms with Crippen LogP contribution in [0, 0.1) is 27.6 Å². The number of hydrogen-bond donors (Lipinski definition) is 1. The maximum atomic E-state index is 13.3. The number of nitro benzene ring substituents is 1. The Bertz CT molecular complexity index is 518. The van der Waals surface area contributed by atoms with Gasteiger partial charge in [0.2, 0.25) is 11.6 Å². The Morgan fingerprint density at radius 3 is 2.28 bits per heavy atom. The number of nitrogens with one attached hydrogen (secondary N) is 1. The summed E-state index contributed by atoms with van der Waals surface area (Å²) in [7, 11) is 0. The van der Waals surface area contributed by atoms with Crippen LogP contribution in [0.1, 0.15) is 24.2 Å². The Kier molecular flexibility index (Phi) is 3.89. The molecule has 0 fully saturated rings. The van der Waals surface area contributed by atoms with Crippen LogP contribution >= 0.6 is 0 Å². The number of rotatable bonds is 3. The fraction of sp³-hybridized carbons (Fsp3) is 0.300. The van der Waals surface area contributed by atoms with Crippen molar-refractivity contribution in [3.8, 4) is 0 Å². The summed E-state index contributed by atoms with van der Waals surface area (Å²) in [5, 5.41) is 12.6. The molecule has 0 unspecified atom stereocenters. The molecular weight excluding hydrogens is 253 g/mol. The van der Waals surface area contributed by atoms with Gasteiger partial charge in [0.1, 0.15) is 0 Å². The lowest BCUT2D eigenvalue weighted by molar-refractivity contribution is -0.387. The molecule has 18 heavy (non-hydrogen) atoms. The highest BCUT2D eigenvalue weighted by atomic mass is 19.2. The Balaban J connectivity index is 3.37. The van der Waals surface area contributed by atoms with E-state index in [9.17, 15) is 28.1 Å². The molecule has 98 valence electrons. The fourth-order valence-corrected chi connectivity index (χ4v) is 1.23. The molecule has 0 aromatic heterocycles. The monoisotopic (exact) mass is 262 g/mol. The second kappa shape index (κ2) is 5.03. The first-order chi connectivity index (χ1) is 8.25. The highest BCUT2D eigenvalue weighted by molar-refractivity contribution is 5.95. The van der Waals surface area contributed by atoms with Crippen molar-refractivity contribution in [3.05, 3.63) is 39.2 Å². The fourth-order valence-electron chi connectivity index (χ4n) is 1.23. The lowest BCUT2D eigenvalue weighted by Gasteiger charge is -2.09. The molecule has 0 atom stereocenters. The zero-order valence-electron chi connectivity index (χ0n) is 9.46. The van der Waals surface area contributed by atoms with Gasteiger partial charge in [0.05, 0.1) is 10.5 Å². The molecule has 8 heteroatoms. The predicted octanol–water partition coefficient (Wildman–Crippen LogP) is 2.15. The van der Waals surface area contributed by atoms with Gasteiger partial charge < -0.3 is 5.32 Å². The summed E-state index contributed by atoms with van der Waals surface area (Å²) in [6.07, 6.45) is 0. The molecule has 0 aliphatic heterocycles. The van der Waals surface area contributed by atoms with Crippen molar-refractivity contribution in [2.45, 2.75) is 19.9 Å². The van der Waals surface area contributed by atoms with Crippen molar-refractivity contribution >= 4 is 11.6 Å². The van der Waals surface area contributed by atoms with Gasteiger partial charge in [0, 0.05) is 12.1 Å². The van der Waals surface area contributed by atoms with Crippen LogP contribution in [0.4, 0.5) is 18.9 Å². The van der Waals surface area contributed by atoms with Gasteiger partial charge in [0.15, 0.2) is 5.82 Å². The number of benzene rings is 1. The van der Waals surface area contributed by atoms with Crippen LogP contribution in [0.25, 0.3) is 0 Å². The number of nitro groups is 1. The van der Waals surface area contributed by atoms with Crippen molar-refractivity contribution in [1.29, 1.82) is 0 Å². The molecule has 0 heterocycles. The molecule has 1 amide bonds. The molecule has 0 bridgehead atoms. The maximum absolute atomic E-state index is 13.3. The molecule has 0 saturated carbocycles. The van der Waals surface area contributed by atoms with E-state index in [1.54, 1.807) is 13.8 Å². The zero-order chi connectivity index (χ0) is 14.0. The zero-order valence-corrected chi connectivity index (χ0v) is 9.46. The largest absolute Gasteiger partial charge is 0.350 e. The highest BCUT2D eigenvalue weighted by Gasteiger charge is 2.28. The molecule has 0 spiro atoms. The van der Waals surface area contributed by atoms with Gasteiger partial charge in [-0.05, 0) is 13.8 Å². The predicted molar refractivity (Wildman–Crippen MR) is 55.6 cm³/mol. The van der Waals surface area contributed by atoms with Crippen molar-refractivity contribution in [3.63, 3.8) is 0 Å². The van der Waals surface area contributed by atoms with E-state index in [0.717, 1.165) is 0 Å². The summed E-state index contributed by atoms with van der Waals surface area (Å²) in [4.78, 5) is 20.6. The number of amides is 1. The minimum Gasteiger partial charge on any atom is -0.350 e. The number of carbonyl (C=O) groups excluding carboxylic acids is 1. The van der Waals surface area contributed by atoms with Crippen LogP contribution in [-0.2, 0) is 0 Å². The lowest BCUT2D eigenvalue weighted by Crippen LogP contribution is -2.31. The van der Waals surface area contributed by atoms with Gasteiger partial charge in [0.25, 0.3) is 5.91 Å². The second-order valence-corrected chi connectivity index (χ2v) is 3.77. The Morgan fingerprint density at radius 1 is 1.28 bits per heavy atom. The van der Waals surface area contributed by atoms with Crippen LogP contribution in [-0.4, -0.2) is 16.9 Å². The van der Waals surface area contributed by atoms with Crippen molar-refractivity contribution in [1.82, 2.24) is 5.32 Å². The second-order valence-electron chi connectivity index (χ2n) is 3.77. The van der Waals surface area contributed by atoms with Gasteiger partial charge in [-0.25, -0.2) is 8.78 Å². The quantitative estimate of drug-likeness (QED) is 0.515. The smallest absolute Gasteiger partial charge is 0.308 e. The van der Waals surface area contributed by atoms with Crippen LogP contribution in [0.5, 0.6) is 0 Å². The average molecular weight is 262 g/mol. The molecule has 5 nitrogen and oxygen atoms in total. The first-order valence-electron chi connectivity index (χ1n) is 4.88. The molecule has 0 aliphatic carbocycles.